The molecule has 5 rings (SSSR count). The largest absolute Gasteiger partial charge is 0.489 e. The van der Waals surface area contributed by atoms with Gasteiger partial charge in [-0.15, -0.1) is 0 Å². The Morgan fingerprint density at radius 2 is 1.82 bits per heavy atom. The number of ether oxygens (including phenoxy) is 1. The minimum Gasteiger partial charge on any atom is -0.489 e. The third-order valence-electron chi connectivity index (χ3n) is 6.39. The van der Waals surface area contributed by atoms with Crippen LogP contribution in [0.3, 0.4) is 0 Å². The SMILES string of the molecule is O=C(NCc1cccc(OCc2ccc(C(F)(F)F)cc2)c1)[C@@H]1CCCN1S(=O)(=O)c1cccc2nonc12. The van der Waals surface area contributed by atoms with E-state index in [4.69, 9.17) is 4.74 Å². The van der Waals surface area contributed by atoms with Gasteiger partial charge in [0.2, 0.25) is 15.9 Å². The lowest BCUT2D eigenvalue weighted by molar-refractivity contribution is -0.137. The summed E-state index contributed by atoms with van der Waals surface area (Å²) in [5.74, 6) is 0.0404. The first kappa shape index (κ1) is 26.6. The van der Waals surface area contributed by atoms with E-state index in [0.29, 0.717) is 35.2 Å². The van der Waals surface area contributed by atoms with Crippen LogP contribution in [-0.2, 0) is 34.1 Å². The first-order valence-corrected chi connectivity index (χ1v) is 13.5. The van der Waals surface area contributed by atoms with Gasteiger partial charge in [0, 0.05) is 13.1 Å². The Kier molecular flexibility index (Phi) is 7.28. The van der Waals surface area contributed by atoms with Gasteiger partial charge in [-0.1, -0.05) is 30.3 Å². The highest BCUT2D eigenvalue weighted by atomic mass is 32.2. The zero-order valence-electron chi connectivity index (χ0n) is 20.4. The summed E-state index contributed by atoms with van der Waals surface area (Å²) >= 11 is 0. The fraction of sp³-hybridized carbons (Fsp3) is 0.269. The van der Waals surface area contributed by atoms with Gasteiger partial charge >= 0.3 is 6.18 Å². The molecule has 13 heteroatoms. The number of sulfonamides is 1. The maximum absolute atomic E-state index is 13.4. The van der Waals surface area contributed by atoms with E-state index in [-0.39, 0.29) is 30.1 Å². The summed E-state index contributed by atoms with van der Waals surface area (Å²) in [6.45, 7) is 0.384. The van der Waals surface area contributed by atoms with Crippen LogP contribution in [0.2, 0.25) is 0 Å². The van der Waals surface area contributed by atoms with Crippen molar-refractivity contribution in [1.29, 1.82) is 0 Å². The molecule has 4 aromatic rings. The quantitative estimate of drug-likeness (QED) is 0.342. The summed E-state index contributed by atoms with van der Waals surface area (Å²) in [7, 11) is -4.04. The number of halogens is 3. The van der Waals surface area contributed by atoms with Crippen molar-refractivity contribution in [3.05, 3.63) is 83.4 Å². The van der Waals surface area contributed by atoms with E-state index in [0.717, 1.165) is 12.1 Å². The van der Waals surface area contributed by atoms with Gasteiger partial charge in [0.1, 0.15) is 28.8 Å². The van der Waals surface area contributed by atoms with Crippen LogP contribution >= 0.6 is 0 Å². The Morgan fingerprint density at radius 3 is 2.59 bits per heavy atom. The van der Waals surface area contributed by atoms with Gasteiger partial charge in [-0.25, -0.2) is 13.0 Å². The second-order valence-electron chi connectivity index (χ2n) is 9.01. The van der Waals surface area contributed by atoms with Crippen LogP contribution in [0.5, 0.6) is 5.75 Å². The van der Waals surface area contributed by atoms with E-state index < -0.39 is 33.7 Å². The molecule has 0 radical (unpaired) electrons. The molecule has 0 unspecified atom stereocenters. The number of rotatable bonds is 8. The Labute approximate surface area is 221 Å². The molecule has 1 atom stereocenters. The van der Waals surface area contributed by atoms with Crippen molar-refractivity contribution in [2.24, 2.45) is 0 Å². The number of fused-ring (bicyclic) bond motifs is 1. The van der Waals surface area contributed by atoms with Crippen LogP contribution in [-0.4, -0.2) is 41.5 Å². The highest BCUT2D eigenvalue weighted by Gasteiger charge is 2.40. The summed E-state index contributed by atoms with van der Waals surface area (Å²) < 4.78 is 76.6. The highest BCUT2D eigenvalue weighted by Crippen LogP contribution is 2.30. The van der Waals surface area contributed by atoms with Gasteiger partial charge in [0.15, 0.2) is 5.52 Å². The van der Waals surface area contributed by atoms with E-state index in [1.165, 1.54) is 28.6 Å². The zero-order valence-corrected chi connectivity index (χ0v) is 21.2. The molecule has 9 nitrogen and oxygen atoms in total. The highest BCUT2D eigenvalue weighted by molar-refractivity contribution is 7.89. The molecule has 0 spiro atoms. The van der Waals surface area contributed by atoms with Crippen LogP contribution in [0.1, 0.15) is 29.5 Å². The molecule has 0 saturated carbocycles. The minimum absolute atomic E-state index is 0.0661. The Morgan fingerprint density at radius 1 is 1.05 bits per heavy atom. The third kappa shape index (κ3) is 5.73. The number of nitrogens with zero attached hydrogens (tertiary/aromatic N) is 3. The van der Waals surface area contributed by atoms with Gasteiger partial charge in [-0.05, 0) is 70.7 Å². The maximum Gasteiger partial charge on any atom is 0.416 e. The van der Waals surface area contributed by atoms with Gasteiger partial charge in [-0.2, -0.15) is 17.5 Å². The number of alkyl halides is 3. The number of hydrogen-bond acceptors (Lipinski definition) is 7. The van der Waals surface area contributed by atoms with Crippen molar-refractivity contribution >= 4 is 27.0 Å². The normalized spacial score (nSPS) is 16.4. The van der Waals surface area contributed by atoms with E-state index in [2.05, 4.69) is 20.3 Å². The molecule has 1 amide bonds. The Bertz CT molecular complexity index is 1590. The second-order valence-corrected chi connectivity index (χ2v) is 10.9. The molecule has 39 heavy (non-hydrogen) atoms. The van der Waals surface area contributed by atoms with Crippen molar-refractivity contribution in [3.8, 4) is 5.75 Å². The predicted octanol–water partition coefficient (Wildman–Crippen LogP) is 4.29. The molecule has 204 valence electrons. The van der Waals surface area contributed by atoms with Gasteiger partial charge in [0.05, 0.1) is 5.56 Å². The van der Waals surface area contributed by atoms with E-state index in [1.807, 2.05) is 0 Å². The molecular formula is C26H23F3N4O5S. The third-order valence-corrected chi connectivity index (χ3v) is 8.33. The maximum atomic E-state index is 13.4. The molecule has 1 aliphatic heterocycles. The second kappa shape index (κ2) is 10.7. The molecule has 0 aliphatic carbocycles. The molecule has 1 saturated heterocycles. The van der Waals surface area contributed by atoms with Crippen LogP contribution in [0.25, 0.3) is 11.0 Å². The smallest absolute Gasteiger partial charge is 0.416 e. The van der Waals surface area contributed by atoms with Gasteiger partial charge in [0.25, 0.3) is 0 Å². The standard InChI is InChI=1S/C26H23F3N4O5S/c27-26(28,29)19-11-9-17(10-12-19)16-37-20-5-1-4-18(14-20)15-30-25(34)22-7-3-13-33(22)39(35,36)23-8-2-6-21-24(23)32-38-31-21/h1-2,4-6,8-12,14,22H,3,7,13,15-16H2,(H,30,34)/t22-/m0/s1. The van der Waals surface area contributed by atoms with E-state index in [1.54, 1.807) is 30.3 Å². The molecule has 3 aromatic carbocycles. The van der Waals surface area contributed by atoms with Gasteiger partial charge in [-0.3, -0.25) is 4.79 Å². The molecule has 1 aliphatic rings. The minimum atomic E-state index is -4.40. The number of carbonyl (C=O) groups excluding carboxylic acids is 1. The zero-order chi connectivity index (χ0) is 27.6. The van der Waals surface area contributed by atoms with Gasteiger partial charge < -0.3 is 10.1 Å². The summed E-state index contributed by atoms with van der Waals surface area (Å²) in [4.78, 5) is 13.0. The number of aromatic nitrogens is 2. The van der Waals surface area contributed by atoms with Crippen molar-refractivity contribution < 1.29 is 35.7 Å². The van der Waals surface area contributed by atoms with Crippen LogP contribution < -0.4 is 10.1 Å². The van der Waals surface area contributed by atoms with Crippen molar-refractivity contribution in [1.82, 2.24) is 19.9 Å². The fourth-order valence-corrected chi connectivity index (χ4v) is 6.21. The van der Waals surface area contributed by atoms with Crippen LogP contribution in [0, 0.1) is 0 Å². The fourth-order valence-electron chi connectivity index (χ4n) is 4.41. The lowest BCUT2D eigenvalue weighted by atomic mass is 10.1. The molecule has 2 heterocycles. The Balaban J connectivity index is 1.21. The number of carbonyl (C=O) groups is 1. The summed E-state index contributed by atoms with van der Waals surface area (Å²) in [6.07, 6.45) is -3.51. The number of nitrogens with one attached hydrogen (secondary N) is 1. The summed E-state index contributed by atoms with van der Waals surface area (Å²) in [6, 6.07) is 15.2. The number of benzene rings is 3. The molecule has 1 aromatic heterocycles. The lowest BCUT2D eigenvalue weighted by Crippen LogP contribution is -2.45. The average molecular weight is 561 g/mol. The van der Waals surface area contributed by atoms with Crippen molar-refractivity contribution in [2.75, 3.05) is 6.54 Å². The topological polar surface area (TPSA) is 115 Å². The summed E-state index contributed by atoms with van der Waals surface area (Å²) in [5.41, 5.74) is 0.957. The Hall–Kier alpha value is -3.97. The molecule has 1 N–H and O–H groups in total. The average Bonchev–Trinajstić information content (AvgIpc) is 3.61. The van der Waals surface area contributed by atoms with Crippen molar-refractivity contribution in [2.45, 2.75) is 43.1 Å². The molecule has 0 bridgehead atoms. The summed E-state index contributed by atoms with van der Waals surface area (Å²) in [5, 5.41) is 10.2. The van der Waals surface area contributed by atoms with E-state index in [9.17, 15) is 26.4 Å². The number of amides is 1. The molecular weight excluding hydrogens is 537 g/mol. The first-order valence-electron chi connectivity index (χ1n) is 12.0. The number of hydrogen-bond donors (Lipinski definition) is 1. The van der Waals surface area contributed by atoms with Crippen LogP contribution in [0.15, 0.2) is 76.3 Å². The van der Waals surface area contributed by atoms with E-state index >= 15 is 0 Å². The molecule has 1 fully saturated rings. The predicted molar refractivity (Wildman–Crippen MR) is 133 cm³/mol. The van der Waals surface area contributed by atoms with Crippen molar-refractivity contribution in [3.63, 3.8) is 0 Å². The monoisotopic (exact) mass is 560 g/mol. The first-order chi connectivity index (χ1) is 18.6. The lowest BCUT2D eigenvalue weighted by Gasteiger charge is -2.23. The van der Waals surface area contributed by atoms with Crippen LogP contribution in [0.4, 0.5) is 13.2 Å².